The number of fused-ring (bicyclic) bond motifs is 2. The van der Waals surface area contributed by atoms with E-state index in [0.29, 0.717) is 34.2 Å². The van der Waals surface area contributed by atoms with Crippen LogP contribution in [-0.2, 0) is 0 Å². The minimum Gasteiger partial charge on any atom is -0.457 e. The van der Waals surface area contributed by atoms with Gasteiger partial charge < -0.3 is 15.4 Å². The van der Waals surface area contributed by atoms with Crippen molar-refractivity contribution in [2.45, 2.75) is 24.9 Å². The Morgan fingerprint density at radius 1 is 1.21 bits per heavy atom. The molecule has 1 aliphatic carbocycles. The van der Waals surface area contributed by atoms with Crippen molar-refractivity contribution in [1.82, 2.24) is 15.6 Å². The van der Waals surface area contributed by atoms with Gasteiger partial charge in [-0.05, 0) is 55.6 Å². The number of carbonyl (C=O) groups excluding carboxylic acids is 1. The van der Waals surface area contributed by atoms with E-state index < -0.39 is 0 Å². The monoisotopic (exact) mass is 343 g/mol. The summed E-state index contributed by atoms with van der Waals surface area (Å²) in [5.74, 6) is 1.94. The molecular weight excluding hydrogens is 326 g/mol. The molecule has 0 radical (unpaired) electrons. The van der Waals surface area contributed by atoms with Gasteiger partial charge in [-0.1, -0.05) is 11.6 Å². The minimum atomic E-state index is -0.0344. The zero-order valence-electron chi connectivity index (χ0n) is 13.0. The van der Waals surface area contributed by atoms with Crippen LogP contribution in [-0.4, -0.2) is 29.5 Å². The number of pyridine rings is 1. The number of aromatic nitrogens is 1. The summed E-state index contributed by atoms with van der Waals surface area (Å²) in [4.78, 5) is 16.3. The quantitative estimate of drug-likeness (QED) is 0.838. The number of hydrogen-bond acceptors (Lipinski definition) is 4. The molecule has 2 aliphatic rings. The Hall–Kier alpha value is -2.11. The molecule has 3 unspecified atom stereocenters. The lowest BCUT2D eigenvalue weighted by Gasteiger charge is -2.24. The van der Waals surface area contributed by atoms with Crippen LogP contribution < -0.4 is 15.4 Å². The SMILES string of the molecule is O=C(NC1CC2CNC1C2)c1ccc(Oc2ccnc(Cl)c2)cc1. The lowest BCUT2D eigenvalue weighted by molar-refractivity contribution is 0.0928. The summed E-state index contributed by atoms with van der Waals surface area (Å²) in [5.41, 5.74) is 0.637. The Morgan fingerprint density at radius 3 is 2.71 bits per heavy atom. The fraction of sp³-hybridized carbons (Fsp3) is 0.333. The van der Waals surface area contributed by atoms with Crippen LogP contribution in [0.1, 0.15) is 23.2 Å². The van der Waals surface area contributed by atoms with Gasteiger partial charge in [-0.25, -0.2) is 4.98 Å². The summed E-state index contributed by atoms with van der Waals surface area (Å²) >= 11 is 5.84. The maximum atomic E-state index is 12.4. The highest BCUT2D eigenvalue weighted by Gasteiger charge is 2.39. The van der Waals surface area contributed by atoms with E-state index >= 15 is 0 Å². The number of amides is 1. The van der Waals surface area contributed by atoms with E-state index in [4.69, 9.17) is 16.3 Å². The van der Waals surface area contributed by atoms with Crippen molar-refractivity contribution in [1.29, 1.82) is 0 Å². The topological polar surface area (TPSA) is 63.2 Å². The maximum Gasteiger partial charge on any atom is 0.251 e. The zero-order valence-corrected chi connectivity index (χ0v) is 13.8. The first kappa shape index (κ1) is 15.4. The van der Waals surface area contributed by atoms with Crippen LogP contribution in [0.3, 0.4) is 0 Å². The second-order valence-electron chi connectivity index (χ2n) is 6.37. The summed E-state index contributed by atoms with van der Waals surface area (Å²) in [7, 11) is 0. The number of rotatable bonds is 4. The molecule has 3 atom stereocenters. The maximum absolute atomic E-state index is 12.4. The molecule has 2 N–H and O–H groups in total. The zero-order chi connectivity index (χ0) is 16.5. The van der Waals surface area contributed by atoms with Crippen LogP contribution in [0.5, 0.6) is 11.5 Å². The van der Waals surface area contributed by atoms with Crippen LogP contribution in [0, 0.1) is 5.92 Å². The van der Waals surface area contributed by atoms with Crippen LogP contribution >= 0.6 is 11.6 Å². The summed E-state index contributed by atoms with van der Waals surface area (Å²) in [6, 6.07) is 11.1. The van der Waals surface area contributed by atoms with Crippen molar-refractivity contribution in [2.24, 2.45) is 5.92 Å². The first-order valence-corrected chi connectivity index (χ1v) is 8.49. The molecule has 0 spiro atoms. The van der Waals surface area contributed by atoms with Crippen molar-refractivity contribution < 1.29 is 9.53 Å². The molecule has 1 aromatic heterocycles. The van der Waals surface area contributed by atoms with Crippen LogP contribution in [0.15, 0.2) is 42.6 Å². The largest absolute Gasteiger partial charge is 0.457 e. The number of halogens is 1. The number of benzene rings is 1. The van der Waals surface area contributed by atoms with E-state index in [1.165, 1.54) is 6.42 Å². The number of piperidine rings is 1. The second kappa shape index (κ2) is 6.42. The Bertz CT molecular complexity index is 750. The first-order chi connectivity index (χ1) is 11.7. The van der Waals surface area contributed by atoms with Crippen LogP contribution in [0.2, 0.25) is 5.15 Å². The van der Waals surface area contributed by atoms with E-state index in [1.807, 2.05) is 0 Å². The van der Waals surface area contributed by atoms with Gasteiger partial charge in [-0.3, -0.25) is 4.79 Å². The van der Waals surface area contributed by atoms with Gasteiger partial charge in [0, 0.05) is 29.9 Å². The molecular formula is C18H18ClN3O2. The van der Waals surface area contributed by atoms with Gasteiger partial charge in [0.05, 0.1) is 0 Å². The molecule has 24 heavy (non-hydrogen) atoms. The molecule has 1 amide bonds. The molecule has 1 aliphatic heterocycles. The standard InChI is InChI=1S/C18H18ClN3O2/c19-17-9-14(5-6-20-17)24-13-3-1-12(2-4-13)18(23)22-16-8-11-7-15(16)21-10-11/h1-6,9,11,15-16,21H,7-8,10H2,(H,22,23). The molecule has 6 heteroatoms. The van der Waals surface area contributed by atoms with E-state index in [9.17, 15) is 4.79 Å². The van der Waals surface area contributed by atoms with Gasteiger partial charge in [0.15, 0.2) is 0 Å². The molecule has 1 aromatic carbocycles. The van der Waals surface area contributed by atoms with Crippen molar-refractivity contribution in [3.8, 4) is 11.5 Å². The lowest BCUT2D eigenvalue weighted by Crippen LogP contribution is -2.47. The summed E-state index contributed by atoms with van der Waals surface area (Å²) < 4.78 is 5.70. The Kier molecular flexibility index (Phi) is 4.12. The number of nitrogens with one attached hydrogen (secondary N) is 2. The third kappa shape index (κ3) is 3.23. The molecule has 4 rings (SSSR count). The average molecular weight is 344 g/mol. The lowest BCUT2D eigenvalue weighted by atomic mass is 10.1. The van der Waals surface area contributed by atoms with Crippen molar-refractivity contribution in [3.05, 3.63) is 53.3 Å². The van der Waals surface area contributed by atoms with E-state index in [2.05, 4.69) is 15.6 Å². The third-order valence-corrected chi connectivity index (χ3v) is 4.90. The molecule has 1 saturated carbocycles. The van der Waals surface area contributed by atoms with Gasteiger partial charge in [-0.2, -0.15) is 0 Å². The van der Waals surface area contributed by atoms with E-state index in [-0.39, 0.29) is 11.9 Å². The Morgan fingerprint density at radius 2 is 2.04 bits per heavy atom. The second-order valence-corrected chi connectivity index (χ2v) is 6.76. The number of ether oxygens (including phenoxy) is 1. The van der Waals surface area contributed by atoms with Gasteiger partial charge in [0.2, 0.25) is 0 Å². The minimum absolute atomic E-state index is 0.0344. The third-order valence-electron chi connectivity index (χ3n) is 4.70. The van der Waals surface area contributed by atoms with Crippen molar-refractivity contribution in [3.63, 3.8) is 0 Å². The summed E-state index contributed by atoms with van der Waals surface area (Å²) in [6.07, 6.45) is 3.84. The van der Waals surface area contributed by atoms with E-state index in [1.54, 1.807) is 42.6 Å². The molecule has 2 heterocycles. The van der Waals surface area contributed by atoms with Crippen LogP contribution in [0.4, 0.5) is 0 Å². The molecule has 2 bridgehead atoms. The van der Waals surface area contributed by atoms with E-state index in [0.717, 1.165) is 13.0 Å². The van der Waals surface area contributed by atoms with Gasteiger partial charge in [0.1, 0.15) is 16.7 Å². The number of carbonyl (C=O) groups is 1. The summed E-state index contributed by atoms with van der Waals surface area (Å²) in [5, 5.41) is 6.97. The summed E-state index contributed by atoms with van der Waals surface area (Å²) in [6.45, 7) is 1.09. The van der Waals surface area contributed by atoms with Crippen LogP contribution in [0.25, 0.3) is 0 Å². The first-order valence-electron chi connectivity index (χ1n) is 8.11. The molecule has 2 aromatic rings. The normalized spacial score (nSPS) is 24.8. The molecule has 1 saturated heterocycles. The fourth-order valence-electron chi connectivity index (χ4n) is 3.52. The fourth-order valence-corrected chi connectivity index (χ4v) is 3.69. The van der Waals surface area contributed by atoms with Gasteiger partial charge in [-0.15, -0.1) is 0 Å². The van der Waals surface area contributed by atoms with Crippen molar-refractivity contribution in [2.75, 3.05) is 6.54 Å². The number of hydrogen-bond donors (Lipinski definition) is 2. The van der Waals surface area contributed by atoms with Crippen molar-refractivity contribution >= 4 is 17.5 Å². The predicted molar refractivity (Wildman–Crippen MR) is 91.5 cm³/mol. The highest BCUT2D eigenvalue weighted by molar-refractivity contribution is 6.29. The number of nitrogens with zero attached hydrogens (tertiary/aromatic N) is 1. The highest BCUT2D eigenvalue weighted by Crippen LogP contribution is 2.31. The smallest absolute Gasteiger partial charge is 0.251 e. The molecule has 2 fully saturated rings. The van der Waals surface area contributed by atoms with Gasteiger partial charge >= 0.3 is 0 Å². The molecule has 124 valence electrons. The highest BCUT2D eigenvalue weighted by atomic mass is 35.5. The predicted octanol–water partition coefficient (Wildman–Crippen LogP) is 3.01. The molecule has 5 nitrogen and oxygen atoms in total. The Labute approximate surface area is 145 Å². The average Bonchev–Trinajstić information content (AvgIpc) is 3.18. The Balaban J connectivity index is 1.39. The van der Waals surface area contributed by atoms with Gasteiger partial charge in [0.25, 0.3) is 5.91 Å².